The summed E-state index contributed by atoms with van der Waals surface area (Å²) < 4.78 is 38.9. The first-order valence-electron chi connectivity index (χ1n) is 6.43. The molecule has 1 fully saturated rings. The molecule has 1 aliphatic rings. The van der Waals surface area contributed by atoms with Crippen molar-refractivity contribution < 1.29 is 13.2 Å². The lowest BCUT2D eigenvalue weighted by Gasteiger charge is -2.37. The highest BCUT2D eigenvalue weighted by Gasteiger charge is 2.47. The van der Waals surface area contributed by atoms with Gasteiger partial charge in [0.05, 0.1) is 5.92 Å². The van der Waals surface area contributed by atoms with E-state index < -0.39 is 18.0 Å². The van der Waals surface area contributed by atoms with Crippen molar-refractivity contribution in [2.75, 3.05) is 0 Å². The SMILES string of the molecule is CC#CCCC(NN)C1CCCCC1C(F)(F)F. The Kier molecular flexibility index (Phi) is 5.97. The Morgan fingerprint density at radius 1 is 1.33 bits per heavy atom. The lowest BCUT2D eigenvalue weighted by molar-refractivity contribution is -0.199. The summed E-state index contributed by atoms with van der Waals surface area (Å²) in [6.07, 6.45) is -0.607. The Morgan fingerprint density at radius 3 is 2.56 bits per heavy atom. The number of alkyl halides is 3. The summed E-state index contributed by atoms with van der Waals surface area (Å²) in [7, 11) is 0. The number of nitrogens with one attached hydrogen (secondary N) is 1. The van der Waals surface area contributed by atoms with Gasteiger partial charge in [0, 0.05) is 12.5 Å². The average molecular weight is 262 g/mol. The zero-order chi connectivity index (χ0) is 13.6. The number of hydrogen-bond donors (Lipinski definition) is 2. The first kappa shape index (κ1) is 15.3. The highest BCUT2D eigenvalue weighted by atomic mass is 19.4. The minimum absolute atomic E-state index is 0.228. The van der Waals surface area contributed by atoms with Gasteiger partial charge in [0.15, 0.2) is 0 Å². The van der Waals surface area contributed by atoms with Crippen molar-refractivity contribution in [3.8, 4) is 11.8 Å². The quantitative estimate of drug-likeness (QED) is 0.464. The summed E-state index contributed by atoms with van der Waals surface area (Å²) in [5.41, 5.74) is 2.56. The molecule has 0 spiro atoms. The zero-order valence-electron chi connectivity index (χ0n) is 10.7. The number of hydrogen-bond acceptors (Lipinski definition) is 2. The highest BCUT2D eigenvalue weighted by Crippen LogP contribution is 2.43. The first-order chi connectivity index (χ1) is 8.50. The van der Waals surface area contributed by atoms with Crippen LogP contribution in [0.4, 0.5) is 13.2 Å². The smallest absolute Gasteiger partial charge is 0.271 e. The lowest BCUT2D eigenvalue weighted by Crippen LogP contribution is -2.48. The van der Waals surface area contributed by atoms with Gasteiger partial charge in [-0.15, -0.1) is 11.8 Å². The van der Waals surface area contributed by atoms with E-state index in [0.717, 1.165) is 6.42 Å². The van der Waals surface area contributed by atoms with E-state index in [1.165, 1.54) is 0 Å². The van der Waals surface area contributed by atoms with Crippen LogP contribution < -0.4 is 11.3 Å². The molecule has 0 heterocycles. The Morgan fingerprint density at radius 2 is 2.00 bits per heavy atom. The van der Waals surface area contributed by atoms with E-state index in [9.17, 15) is 13.2 Å². The number of hydrazine groups is 1. The standard InChI is InChI=1S/C13H21F3N2/c1-2-3-4-9-12(18-17)10-7-5-6-8-11(10)13(14,15)16/h10-12,18H,4-9,17H2,1H3. The second kappa shape index (κ2) is 7.01. The van der Waals surface area contributed by atoms with Crippen LogP contribution in [0, 0.1) is 23.7 Å². The maximum absolute atomic E-state index is 13.0. The number of rotatable bonds is 4. The van der Waals surface area contributed by atoms with Gasteiger partial charge in [-0.2, -0.15) is 13.2 Å². The van der Waals surface area contributed by atoms with Crippen molar-refractivity contribution in [1.82, 2.24) is 5.43 Å². The maximum atomic E-state index is 13.0. The number of halogens is 3. The third kappa shape index (κ3) is 4.18. The van der Waals surface area contributed by atoms with Gasteiger partial charge < -0.3 is 0 Å². The Hall–Kier alpha value is -0.730. The van der Waals surface area contributed by atoms with Crippen molar-refractivity contribution in [3.63, 3.8) is 0 Å². The summed E-state index contributed by atoms with van der Waals surface area (Å²) in [5.74, 6) is 9.42. The monoisotopic (exact) mass is 262 g/mol. The van der Waals surface area contributed by atoms with Gasteiger partial charge in [-0.05, 0) is 32.1 Å². The largest absolute Gasteiger partial charge is 0.392 e. The Bertz CT molecular complexity index is 304. The molecule has 0 radical (unpaired) electrons. The van der Waals surface area contributed by atoms with Crippen LogP contribution in [0.25, 0.3) is 0 Å². The summed E-state index contributed by atoms with van der Waals surface area (Å²) in [6, 6.07) is -0.294. The van der Waals surface area contributed by atoms with Gasteiger partial charge in [0.25, 0.3) is 0 Å². The predicted octanol–water partition coefficient (Wildman–Crippen LogP) is 2.99. The van der Waals surface area contributed by atoms with E-state index in [2.05, 4.69) is 17.3 Å². The minimum atomic E-state index is -4.11. The molecule has 2 nitrogen and oxygen atoms in total. The second-order valence-electron chi connectivity index (χ2n) is 4.84. The Labute approximate surface area is 106 Å². The molecule has 1 aliphatic carbocycles. The van der Waals surface area contributed by atoms with E-state index >= 15 is 0 Å². The van der Waals surface area contributed by atoms with Crippen molar-refractivity contribution in [2.45, 2.75) is 57.7 Å². The molecule has 5 heteroatoms. The zero-order valence-corrected chi connectivity index (χ0v) is 10.7. The van der Waals surface area contributed by atoms with E-state index in [1.807, 2.05) is 0 Å². The van der Waals surface area contributed by atoms with Crippen molar-refractivity contribution in [1.29, 1.82) is 0 Å². The van der Waals surface area contributed by atoms with Gasteiger partial charge in [-0.1, -0.05) is 12.8 Å². The summed E-state index contributed by atoms with van der Waals surface area (Å²) in [6.45, 7) is 1.73. The summed E-state index contributed by atoms with van der Waals surface area (Å²) in [5, 5.41) is 0. The Balaban J connectivity index is 2.69. The molecular formula is C13H21F3N2. The van der Waals surface area contributed by atoms with Gasteiger partial charge >= 0.3 is 6.18 Å². The highest BCUT2D eigenvalue weighted by molar-refractivity contribution is 4.97. The van der Waals surface area contributed by atoms with Crippen LogP contribution in [0.3, 0.4) is 0 Å². The van der Waals surface area contributed by atoms with Crippen molar-refractivity contribution >= 4 is 0 Å². The predicted molar refractivity (Wildman–Crippen MR) is 65.3 cm³/mol. The third-order valence-corrected chi connectivity index (χ3v) is 3.73. The van der Waals surface area contributed by atoms with Gasteiger partial charge in [0.1, 0.15) is 0 Å². The van der Waals surface area contributed by atoms with Gasteiger partial charge in [0.2, 0.25) is 0 Å². The van der Waals surface area contributed by atoms with Crippen molar-refractivity contribution in [3.05, 3.63) is 0 Å². The van der Waals surface area contributed by atoms with Crippen LogP contribution in [-0.4, -0.2) is 12.2 Å². The molecule has 0 aromatic rings. The van der Waals surface area contributed by atoms with Crippen LogP contribution >= 0.6 is 0 Å². The van der Waals surface area contributed by atoms with Crippen LogP contribution in [-0.2, 0) is 0 Å². The third-order valence-electron chi connectivity index (χ3n) is 3.73. The summed E-state index contributed by atoms with van der Waals surface area (Å²) in [4.78, 5) is 0. The van der Waals surface area contributed by atoms with E-state index in [0.29, 0.717) is 25.7 Å². The molecule has 3 N–H and O–H groups in total. The second-order valence-corrected chi connectivity index (χ2v) is 4.84. The fraction of sp³-hybridized carbons (Fsp3) is 0.846. The van der Waals surface area contributed by atoms with E-state index in [-0.39, 0.29) is 12.5 Å². The lowest BCUT2D eigenvalue weighted by atomic mass is 9.74. The maximum Gasteiger partial charge on any atom is 0.392 e. The molecule has 0 aromatic heterocycles. The molecule has 18 heavy (non-hydrogen) atoms. The van der Waals surface area contributed by atoms with Crippen LogP contribution in [0.5, 0.6) is 0 Å². The van der Waals surface area contributed by atoms with Gasteiger partial charge in [-0.3, -0.25) is 11.3 Å². The van der Waals surface area contributed by atoms with Crippen LogP contribution in [0.1, 0.15) is 45.4 Å². The molecule has 0 saturated heterocycles. The van der Waals surface area contributed by atoms with Crippen molar-refractivity contribution in [2.24, 2.45) is 17.7 Å². The average Bonchev–Trinajstić information content (AvgIpc) is 2.34. The topological polar surface area (TPSA) is 38.0 Å². The molecule has 3 unspecified atom stereocenters. The van der Waals surface area contributed by atoms with Crippen LogP contribution in [0.15, 0.2) is 0 Å². The fourth-order valence-electron chi connectivity index (χ4n) is 2.82. The molecule has 1 rings (SSSR count). The molecule has 0 amide bonds. The number of nitrogens with two attached hydrogens (primary N) is 1. The molecule has 0 aromatic carbocycles. The molecule has 1 saturated carbocycles. The van der Waals surface area contributed by atoms with E-state index in [4.69, 9.17) is 5.84 Å². The van der Waals surface area contributed by atoms with E-state index in [1.54, 1.807) is 6.92 Å². The molecule has 0 aliphatic heterocycles. The first-order valence-corrected chi connectivity index (χ1v) is 6.43. The fourth-order valence-corrected chi connectivity index (χ4v) is 2.82. The van der Waals surface area contributed by atoms with Crippen LogP contribution in [0.2, 0.25) is 0 Å². The minimum Gasteiger partial charge on any atom is -0.271 e. The molecule has 104 valence electrons. The molecule has 3 atom stereocenters. The summed E-state index contributed by atoms with van der Waals surface area (Å²) >= 11 is 0. The van der Waals surface area contributed by atoms with Gasteiger partial charge in [-0.25, -0.2) is 0 Å². The molecular weight excluding hydrogens is 241 g/mol. The molecule has 0 bridgehead atoms. The normalized spacial score (nSPS) is 26.3.